The topological polar surface area (TPSA) is 21.7 Å². The van der Waals surface area contributed by atoms with E-state index >= 15 is 0 Å². The minimum atomic E-state index is -0.120. The van der Waals surface area contributed by atoms with E-state index in [1.165, 1.54) is 42.8 Å². The Hall–Kier alpha value is -0.420. The lowest BCUT2D eigenvalue weighted by molar-refractivity contribution is -0.0446. The van der Waals surface area contributed by atoms with Crippen LogP contribution in [-0.2, 0) is 16.0 Å². The molecule has 1 saturated heterocycles. The molecule has 2 fully saturated rings. The summed E-state index contributed by atoms with van der Waals surface area (Å²) in [5.74, 6) is 0.953. The van der Waals surface area contributed by atoms with Crippen molar-refractivity contribution in [3.8, 4) is 0 Å². The molecule has 1 aromatic rings. The van der Waals surface area contributed by atoms with E-state index in [-0.39, 0.29) is 6.29 Å². The van der Waals surface area contributed by atoms with Crippen molar-refractivity contribution in [2.75, 3.05) is 26.3 Å². The Kier molecular flexibility index (Phi) is 4.53. The van der Waals surface area contributed by atoms with E-state index in [1.807, 2.05) is 11.3 Å². The predicted octanol–water partition coefficient (Wildman–Crippen LogP) is 3.42. The maximum Gasteiger partial charge on any atom is 0.185 e. The Morgan fingerprint density at radius 3 is 2.79 bits per heavy atom. The minimum absolute atomic E-state index is 0.120. The number of nitrogens with zero attached hydrogens (tertiary/aromatic N) is 1. The molecule has 1 aliphatic carbocycles. The first kappa shape index (κ1) is 13.6. The third-order valence-electron chi connectivity index (χ3n) is 3.78. The summed E-state index contributed by atoms with van der Waals surface area (Å²) in [5.41, 5.74) is 1.25. The fraction of sp³-hybridized carbons (Fsp3) is 0.733. The van der Waals surface area contributed by atoms with Gasteiger partial charge in [0.05, 0.1) is 13.2 Å². The van der Waals surface area contributed by atoms with Crippen molar-refractivity contribution < 1.29 is 9.47 Å². The molecule has 2 heterocycles. The zero-order chi connectivity index (χ0) is 13.1. The second-order valence-electron chi connectivity index (χ2n) is 5.55. The quantitative estimate of drug-likeness (QED) is 0.764. The van der Waals surface area contributed by atoms with E-state index in [1.54, 1.807) is 0 Å². The highest BCUT2D eigenvalue weighted by Crippen LogP contribution is 2.33. The smallest absolute Gasteiger partial charge is 0.185 e. The minimum Gasteiger partial charge on any atom is -0.346 e. The van der Waals surface area contributed by atoms with Gasteiger partial charge in [0.2, 0.25) is 0 Å². The summed E-state index contributed by atoms with van der Waals surface area (Å²) in [6.45, 7) is 7.22. The summed E-state index contributed by atoms with van der Waals surface area (Å²) in [5, 5.41) is 2.16. The van der Waals surface area contributed by atoms with Gasteiger partial charge in [-0.3, -0.25) is 4.90 Å². The largest absolute Gasteiger partial charge is 0.346 e. The van der Waals surface area contributed by atoms with Crippen LogP contribution in [0, 0.1) is 5.92 Å². The van der Waals surface area contributed by atoms with Gasteiger partial charge in [0.25, 0.3) is 0 Å². The number of rotatable bonds is 7. The molecule has 4 heteroatoms. The maximum absolute atomic E-state index is 5.64. The number of hydrogen-bond donors (Lipinski definition) is 0. The normalized spacial score (nSPS) is 20.5. The van der Waals surface area contributed by atoms with Gasteiger partial charge in [0.1, 0.15) is 0 Å². The molecule has 0 amide bonds. The van der Waals surface area contributed by atoms with Gasteiger partial charge >= 0.3 is 0 Å². The highest BCUT2D eigenvalue weighted by molar-refractivity contribution is 7.10. The summed E-state index contributed by atoms with van der Waals surface area (Å²) in [6.07, 6.45) is 3.95. The van der Waals surface area contributed by atoms with Crippen LogP contribution in [0.25, 0.3) is 0 Å². The maximum atomic E-state index is 5.64. The average Bonchev–Trinajstić information content (AvgIpc) is 2.91. The summed E-state index contributed by atoms with van der Waals surface area (Å²) in [4.78, 5) is 4.02. The van der Waals surface area contributed by atoms with E-state index in [0.29, 0.717) is 0 Å². The summed E-state index contributed by atoms with van der Waals surface area (Å²) < 4.78 is 11.3. The van der Waals surface area contributed by atoms with Gasteiger partial charge in [0.15, 0.2) is 6.29 Å². The first-order valence-electron chi connectivity index (χ1n) is 7.38. The molecule has 0 aromatic carbocycles. The van der Waals surface area contributed by atoms with E-state index in [4.69, 9.17) is 9.47 Å². The zero-order valence-electron chi connectivity index (χ0n) is 11.6. The first-order valence-corrected chi connectivity index (χ1v) is 8.26. The molecule has 3 rings (SSSR count). The Bertz CT molecular complexity index is 397. The molecule has 19 heavy (non-hydrogen) atoms. The molecule has 0 radical (unpaired) electrons. The highest BCUT2D eigenvalue weighted by Gasteiger charge is 2.26. The molecule has 0 N–H and O–H groups in total. The number of hydrogen-bond acceptors (Lipinski definition) is 4. The van der Waals surface area contributed by atoms with Crippen LogP contribution < -0.4 is 0 Å². The zero-order valence-corrected chi connectivity index (χ0v) is 12.5. The molecular formula is C15H23NO2S. The SMILES string of the molecule is CCCN(Cc1sccc1C1OCCO1)CC1CC1. The summed E-state index contributed by atoms with van der Waals surface area (Å²) in [7, 11) is 0. The Labute approximate surface area is 119 Å². The fourth-order valence-electron chi connectivity index (χ4n) is 2.65. The predicted molar refractivity (Wildman–Crippen MR) is 77.3 cm³/mol. The summed E-state index contributed by atoms with van der Waals surface area (Å²) >= 11 is 1.84. The van der Waals surface area contributed by atoms with Crippen LogP contribution in [0.5, 0.6) is 0 Å². The standard InChI is InChI=1S/C15H23NO2S/c1-2-6-16(10-12-3-4-12)11-14-13(5-9-19-14)15-17-7-8-18-15/h5,9,12,15H,2-4,6-8,10-11H2,1H3. The number of ether oxygens (including phenoxy) is 2. The van der Waals surface area contributed by atoms with Gasteiger partial charge in [0, 0.05) is 23.5 Å². The van der Waals surface area contributed by atoms with Gasteiger partial charge in [-0.25, -0.2) is 0 Å². The molecule has 1 aliphatic heterocycles. The van der Waals surface area contributed by atoms with E-state index in [0.717, 1.165) is 25.7 Å². The van der Waals surface area contributed by atoms with Gasteiger partial charge in [-0.05, 0) is 43.2 Å². The molecule has 1 aromatic heterocycles. The molecular weight excluding hydrogens is 258 g/mol. The average molecular weight is 281 g/mol. The molecule has 3 nitrogen and oxygen atoms in total. The van der Waals surface area contributed by atoms with Crippen molar-refractivity contribution in [1.29, 1.82) is 0 Å². The summed E-state index contributed by atoms with van der Waals surface area (Å²) in [6, 6.07) is 2.16. The van der Waals surface area contributed by atoms with Crippen molar-refractivity contribution >= 4 is 11.3 Å². The first-order chi connectivity index (χ1) is 9.36. The molecule has 0 unspecified atom stereocenters. The molecule has 1 saturated carbocycles. The van der Waals surface area contributed by atoms with Crippen LogP contribution in [0.1, 0.15) is 42.9 Å². The van der Waals surface area contributed by atoms with Crippen LogP contribution >= 0.6 is 11.3 Å². The van der Waals surface area contributed by atoms with Crippen molar-refractivity contribution in [1.82, 2.24) is 4.90 Å². The number of thiophene rings is 1. The van der Waals surface area contributed by atoms with Gasteiger partial charge in [-0.1, -0.05) is 6.92 Å². The lowest BCUT2D eigenvalue weighted by Crippen LogP contribution is -2.26. The third kappa shape index (κ3) is 3.57. The highest BCUT2D eigenvalue weighted by atomic mass is 32.1. The monoisotopic (exact) mass is 281 g/mol. The second kappa shape index (κ2) is 6.35. The fourth-order valence-corrected chi connectivity index (χ4v) is 3.58. The van der Waals surface area contributed by atoms with Crippen LogP contribution in [0.4, 0.5) is 0 Å². The molecule has 0 spiro atoms. The van der Waals surface area contributed by atoms with E-state index in [2.05, 4.69) is 23.3 Å². The van der Waals surface area contributed by atoms with Crippen LogP contribution in [-0.4, -0.2) is 31.2 Å². The van der Waals surface area contributed by atoms with Gasteiger partial charge < -0.3 is 9.47 Å². The van der Waals surface area contributed by atoms with Gasteiger partial charge in [-0.2, -0.15) is 0 Å². The van der Waals surface area contributed by atoms with Crippen LogP contribution in [0.3, 0.4) is 0 Å². The lowest BCUT2D eigenvalue weighted by Gasteiger charge is -2.22. The second-order valence-corrected chi connectivity index (χ2v) is 6.55. The van der Waals surface area contributed by atoms with Crippen molar-refractivity contribution in [2.24, 2.45) is 5.92 Å². The van der Waals surface area contributed by atoms with Crippen molar-refractivity contribution in [2.45, 2.75) is 39.0 Å². The van der Waals surface area contributed by atoms with Crippen molar-refractivity contribution in [3.05, 3.63) is 21.9 Å². The lowest BCUT2D eigenvalue weighted by atomic mass is 10.2. The van der Waals surface area contributed by atoms with Gasteiger partial charge in [-0.15, -0.1) is 11.3 Å². The molecule has 2 aliphatic rings. The molecule has 0 bridgehead atoms. The van der Waals surface area contributed by atoms with Crippen LogP contribution in [0.2, 0.25) is 0 Å². The molecule has 0 atom stereocenters. The third-order valence-corrected chi connectivity index (χ3v) is 4.70. The van der Waals surface area contributed by atoms with Crippen LogP contribution in [0.15, 0.2) is 11.4 Å². The van der Waals surface area contributed by atoms with E-state index in [9.17, 15) is 0 Å². The van der Waals surface area contributed by atoms with E-state index < -0.39 is 0 Å². The Morgan fingerprint density at radius 1 is 1.32 bits per heavy atom. The Balaban J connectivity index is 1.64. The Morgan fingerprint density at radius 2 is 2.11 bits per heavy atom. The van der Waals surface area contributed by atoms with Crippen molar-refractivity contribution in [3.63, 3.8) is 0 Å². The molecule has 106 valence electrons.